The Balaban J connectivity index is 2.40. The van der Waals surface area contributed by atoms with E-state index in [1.165, 1.54) is 17.7 Å². The van der Waals surface area contributed by atoms with Crippen LogP contribution in [0.3, 0.4) is 0 Å². The SMILES string of the molecule is CC(Cl)C(=O)c1ccc2c(c1)N(C(C)C)CCC2. The molecule has 0 bridgehead atoms. The molecule has 0 saturated carbocycles. The number of carbonyl (C=O) groups is 1. The highest BCUT2D eigenvalue weighted by atomic mass is 35.5. The van der Waals surface area contributed by atoms with Gasteiger partial charge in [-0.15, -0.1) is 11.6 Å². The molecule has 1 heterocycles. The molecule has 1 aromatic rings. The summed E-state index contributed by atoms with van der Waals surface area (Å²) in [4.78, 5) is 14.3. The van der Waals surface area contributed by atoms with Crippen molar-refractivity contribution < 1.29 is 4.79 Å². The van der Waals surface area contributed by atoms with Crippen LogP contribution in [0.1, 0.15) is 43.1 Å². The summed E-state index contributed by atoms with van der Waals surface area (Å²) in [6, 6.07) is 6.46. The fourth-order valence-electron chi connectivity index (χ4n) is 2.52. The second kappa shape index (κ2) is 5.31. The highest BCUT2D eigenvalue weighted by molar-refractivity contribution is 6.33. The molecule has 0 aliphatic carbocycles. The Morgan fingerprint density at radius 2 is 2.06 bits per heavy atom. The van der Waals surface area contributed by atoms with E-state index in [0.29, 0.717) is 6.04 Å². The van der Waals surface area contributed by atoms with Gasteiger partial charge in [0.05, 0.1) is 5.38 Å². The van der Waals surface area contributed by atoms with Crippen LogP contribution in [0, 0.1) is 0 Å². The first-order valence-corrected chi connectivity index (χ1v) is 7.02. The molecule has 1 atom stereocenters. The lowest BCUT2D eigenvalue weighted by atomic mass is 9.96. The molecular formula is C15H20ClNO. The van der Waals surface area contributed by atoms with Crippen LogP contribution in [-0.4, -0.2) is 23.7 Å². The maximum Gasteiger partial charge on any atom is 0.180 e. The number of aryl methyl sites for hydroxylation is 1. The number of Topliss-reactive ketones (excluding diaryl/α,β-unsaturated/α-hetero) is 1. The summed E-state index contributed by atoms with van der Waals surface area (Å²) in [5.41, 5.74) is 3.27. The normalized spacial score (nSPS) is 16.6. The van der Waals surface area contributed by atoms with Gasteiger partial charge >= 0.3 is 0 Å². The van der Waals surface area contributed by atoms with E-state index >= 15 is 0 Å². The van der Waals surface area contributed by atoms with E-state index in [1.807, 2.05) is 12.1 Å². The van der Waals surface area contributed by atoms with Gasteiger partial charge in [-0.2, -0.15) is 0 Å². The van der Waals surface area contributed by atoms with E-state index in [1.54, 1.807) is 6.92 Å². The van der Waals surface area contributed by atoms with Gasteiger partial charge in [0.25, 0.3) is 0 Å². The molecule has 1 aliphatic heterocycles. The first kappa shape index (κ1) is 13.4. The molecule has 0 N–H and O–H groups in total. The lowest BCUT2D eigenvalue weighted by molar-refractivity contribution is 0.0991. The third kappa shape index (κ3) is 2.54. The van der Waals surface area contributed by atoms with Crippen LogP contribution in [0.5, 0.6) is 0 Å². The number of halogens is 1. The third-order valence-corrected chi connectivity index (χ3v) is 3.71. The molecule has 0 amide bonds. The Morgan fingerprint density at radius 3 is 2.67 bits per heavy atom. The van der Waals surface area contributed by atoms with Crippen molar-refractivity contribution in [3.63, 3.8) is 0 Å². The largest absolute Gasteiger partial charge is 0.369 e. The molecule has 1 aliphatic rings. The molecule has 2 rings (SSSR count). The van der Waals surface area contributed by atoms with E-state index in [4.69, 9.17) is 11.6 Å². The number of nitrogens with zero attached hydrogens (tertiary/aromatic N) is 1. The predicted octanol–water partition coefficient (Wildman–Crippen LogP) is 3.66. The second-order valence-corrected chi connectivity index (χ2v) is 5.87. The molecule has 0 aromatic heterocycles. The van der Waals surface area contributed by atoms with Gasteiger partial charge in [0.2, 0.25) is 0 Å². The maximum atomic E-state index is 12.0. The minimum Gasteiger partial charge on any atom is -0.369 e. The van der Waals surface area contributed by atoms with Gasteiger partial charge in [0.1, 0.15) is 0 Å². The van der Waals surface area contributed by atoms with E-state index < -0.39 is 5.38 Å². The fourth-order valence-corrected chi connectivity index (χ4v) is 2.65. The molecule has 1 unspecified atom stereocenters. The van der Waals surface area contributed by atoms with Crippen molar-refractivity contribution in [3.05, 3.63) is 29.3 Å². The van der Waals surface area contributed by atoms with Crippen molar-refractivity contribution in [1.82, 2.24) is 0 Å². The van der Waals surface area contributed by atoms with Gasteiger partial charge in [-0.05, 0) is 45.2 Å². The van der Waals surface area contributed by atoms with Crippen molar-refractivity contribution in [2.75, 3.05) is 11.4 Å². The van der Waals surface area contributed by atoms with Crippen molar-refractivity contribution in [1.29, 1.82) is 0 Å². The zero-order chi connectivity index (χ0) is 13.3. The van der Waals surface area contributed by atoms with Crippen LogP contribution >= 0.6 is 11.6 Å². The highest BCUT2D eigenvalue weighted by Crippen LogP contribution is 2.30. The smallest absolute Gasteiger partial charge is 0.180 e. The van der Waals surface area contributed by atoms with Crippen molar-refractivity contribution >= 4 is 23.1 Å². The van der Waals surface area contributed by atoms with Gasteiger partial charge < -0.3 is 4.90 Å². The highest BCUT2D eigenvalue weighted by Gasteiger charge is 2.21. The number of fused-ring (bicyclic) bond motifs is 1. The summed E-state index contributed by atoms with van der Waals surface area (Å²) in [7, 11) is 0. The number of anilines is 1. The molecule has 18 heavy (non-hydrogen) atoms. The first-order chi connectivity index (χ1) is 8.50. The Bertz CT molecular complexity index is 454. The standard InChI is InChI=1S/C15H20ClNO/c1-10(2)17-8-4-5-12-6-7-13(9-14(12)17)15(18)11(3)16/h6-7,9-11H,4-5,8H2,1-3H3. The van der Waals surface area contributed by atoms with Crippen molar-refractivity contribution in [2.45, 2.75) is 45.0 Å². The molecule has 0 spiro atoms. The quantitative estimate of drug-likeness (QED) is 0.614. The van der Waals surface area contributed by atoms with Crippen LogP contribution in [0.25, 0.3) is 0 Å². The van der Waals surface area contributed by atoms with Gasteiger partial charge in [-0.3, -0.25) is 4.79 Å². The van der Waals surface area contributed by atoms with Crippen molar-refractivity contribution in [3.8, 4) is 0 Å². The summed E-state index contributed by atoms with van der Waals surface area (Å²) in [5, 5.41) is -0.459. The summed E-state index contributed by atoms with van der Waals surface area (Å²) < 4.78 is 0. The monoisotopic (exact) mass is 265 g/mol. The number of benzene rings is 1. The molecule has 0 radical (unpaired) electrons. The van der Waals surface area contributed by atoms with E-state index in [-0.39, 0.29) is 5.78 Å². The average molecular weight is 266 g/mol. The summed E-state index contributed by atoms with van der Waals surface area (Å²) in [5.74, 6) is 0.00810. The Kier molecular flexibility index (Phi) is 3.96. The minimum absolute atomic E-state index is 0.00810. The number of alkyl halides is 1. The molecule has 2 nitrogen and oxygen atoms in total. The summed E-state index contributed by atoms with van der Waals surface area (Å²) >= 11 is 5.88. The van der Waals surface area contributed by atoms with Gasteiger partial charge in [-0.25, -0.2) is 0 Å². The van der Waals surface area contributed by atoms with Gasteiger partial charge in [0, 0.05) is 23.8 Å². The Hall–Kier alpha value is -1.02. The molecule has 0 fully saturated rings. The molecular weight excluding hydrogens is 246 g/mol. The fraction of sp³-hybridized carbons (Fsp3) is 0.533. The van der Waals surface area contributed by atoms with Crippen LogP contribution in [0.2, 0.25) is 0 Å². The van der Waals surface area contributed by atoms with Crippen LogP contribution < -0.4 is 4.90 Å². The summed E-state index contributed by atoms with van der Waals surface area (Å²) in [6.07, 6.45) is 2.29. The predicted molar refractivity (Wildman–Crippen MR) is 76.9 cm³/mol. The third-order valence-electron chi connectivity index (χ3n) is 3.51. The van der Waals surface area contributed by atoms with Crippen LogP contribution in [0.15, 0.2) is 18.2 Å². The maximum absolute atomic E-state index is 12.0. The lowest BCUT2D eigenvalue weighted by Crippen LogP contribution is -2.35. The van der Waals surface area contributed by atoms with E-state index in [9.17, 15) is 4.79 Å². The zero-order valence-electron chi connectivity index (χ0n) is 11.2. The minimum atomic E-state index is -0.459. The van der Waals surface area contributed by atoms with Crippen LogP contribution in [-0.2, 0) is 6.42 Å². The van der Waals surface area contributed by atoms with Gasteiger partial charge in [-0.1, -0.05) is 12.1 Å². The Morgan fingerprint density at radius 1 is 1.33 bits per heavy atom. The molecule has 0 saturated heterocycles. The number of carbonyl (C=O) groups excluding carboxylic acids is 1. The topological polar surface area (TPSA) is 20.3 Å². The van der Waals surface area contributed by atoms with E-state index in [0.717, 1.165) is 18.5 Å². The molecule has 98 valence electrons. The second-order valence-electron chi connectivity index (χ2n) is 5.21. The average Bonchev–Trinajstić information content (AvgIpc) is 2.36. The number of rotatable bonds is 3. The number of ketones is 1. The zero-order valence-corrected chi connectivity index (χ0v) is 12.0. The lowest BCUT2D eigenvalue weighted by Gasteiger charge is -2.35. The Labute approximate surface area is 114 Å². The summed E-state index contributed by atoms with van der Waals surface area (Å²) in [6.45, 7) is 7.17. The van der Waals surface area contributed by atoms with E-state index in [2.05, 4.69) is 24.8 Å². The number of hydrogen-bond acceptors (Lipinski definition) is 2. The number of hydrogen-bond donors (Lipinski definition) is 0. The molecule has 1 aromatic carbocycles. The van der Waals surface area contributed by atoms with Gasteiger partial charge in [0.15, 0.2) is 5.78 Å². The molecule has 3 heteroatoms. The van der Waals surface area contributed by atoms with Crippen molar-refractivity contribution in [2.24, 2.45) is 0 Å². The first-order valence-electron chi connectivity index (χ1n) is 6.58. The van der Waals surface area contributed by atoms with Crippen LogP contribution in [0.4, 0.5) is 5.69 Å².